The van der Waals surface area contributed by atoms with E-state index in [4.69, 9.17) is 5.11 Å². The Morgan fingerprint density at radius 3 is 2.53 bits per heavy atom. The van der Waals surface area contributed by atoms with Gasteiger partial charge in [-0.15, -0.1) is 0 Å². The minimum absolute atomic E-state index is 0.123. The molecular weight excluding hydrogens is 245 g/mol. The summed E-state index contributed by atoms with van der Waals surface area (Å²) < 4.78 is 38.9. The number of hydrogen-bond donors (Lipinski definition) is 1. The van der Waals surface area contributed by atoms with E-state index in [2.05, 4.69) is 0 Å². The van der Waals surface area contributed by atoms with Crippen molar-refractivity contribution in [1.29, 1.82) is 0 Å². The van der Waals surface area contributed by atoms with E-state index in [1.54, 1.807) is 0 Å². The zero-order valence-corrected chi connectivity index (χ0v) is 10.1. The second-order valence-electron chi connectivity index (χ2n) is 4.02. The maximum atomic E-state index is 13.1. The van der Waals surface area contributed by atoms with Gasteiger partial charge in [-0.3, -0.25) is 0 Å². The lowest BCUT2D eigenvalue weighted by atomic mass is 10.2. The molecule has 1 aliphatic heterocycles. The van der Waals surface area contributed by atoms with Crippen molar-refractivity contribution in [2.75, 3.05) is 13.1 Å². The summed E-state index contributed by atoms with van der Waals surface area (Å²) in [5.41, 5.74) is 0.235. The molecule has 1 fully saturated rings. The highest BCUT2D eigenvalue weighted by Crippen LogP contribution is 2.24. The normalized spacial score (nSPS) is 17.5. The first-order chi connectivity index (χ1) is 8.05. The Morgan fingerprint density at radius 2 is 1.94 bits per heavy atom. The quantitative estimate of drug-likeness (QED) is 0.884. The van der Waals surface area contributed by atoms with Crippen LogP contribution in [0.4, 0.5) is 4.39 Å². The van der Waals surface area contributed by atoms with Crippen molar-refractivity contribution >= 4 is 10.0 Å². The molecule has 1 N–H and O–H groups in total. The van der Waals surface area contributed by atoms with E-state index in [1.807, 2.05) is 0 Å². The smallest absolute Gasteiger partial charge is 0.243 e. The van der Waals surface area contributed by atoms with Gasteiger partial charge in [0.15, 0.2) is 0 Å². The topological polar surface area (TPSA) is 57.6 Å². The van der Waals surface area contributed by atoms with E-state index in [0.29, 0.717) is 13.1 Å². The molecule has 0 aliphatic carbocycles. The zero-order chi connectivity index (χ0) is 12.5. The van der Waals surface area contributed by atoms with Gasteiger partial charge in [-0.2, -0.15) is 4.31 Å². The van der Waals surface area contributed by atoms with Crippen molar-refractivity contribution in [1.82, 2.24) is 4.31 Å². The second-order valence-corrected chi connectivity index (χ2v) is 5.93. The Kier molecular flexibility index (Phi) is 3.46. The molecule has 0 spiro atoms. The SMILES string of the molecule is O=S(=O)(c1cc(F)ccc1CO)N1CCCC1. The van der Waals surface area contributed by atoms with E-state index in [1.165, 1.54) is 10.4 Å². The molecule has 0 atom stereocenters. The fourth-order valence-corrected chi connectivity index (χ4v) is 3.71. The summed E-state index contributed by atoms with van der Waals surface area (Å²) in [6, 6.07) is 3.42. The standard InChI is InChI=1S/C11H14FNO3S/c12-10-4-3-9(8-14)11(7-10)17(15,16)13-5-1-2-6-13/h3-4,7,14H,1-2,5-6,8H2. The highest BCUT2D eigenvalue weighted by atomic mass is 32.2. The maximum Gasteiger partial charge on any atom is 0.243 e. The third-order valence-electron chi connectivity index (χ3n) is 2.88. The van der Waals surface area contributed by atoms with Gasteiger partial charge >= 0.3 is 0 Å². The number of benzene rings is 1. The molecule has 1 aliphatic rings. The van der Waals surface area contributed by atoms with Gasteiger partial charge < -0.3 is 5.11 Å². The molecule has 4 nitrogen and oxygen atoms in total. The monoisotopic (exact) mass is 259 g/mol. The van der Waals surface area contributed by atoms with Crippen LogP contribution in [0.2, 0.25) is 0 Å². The highest BCUT2D eigenvalue weighted by molar-refractivity contribution is 7.89. The second kappa shape index (κ2) is 4.72. The average molecular weight is 259 g/mol. The first-order valence-corrected chi connectivity index (χ1v) is 6.89. The van der Waals surface area contributed by atoms with Crippen molar-refractivity contribution in [3.05, 3.63) is 29.6 Å². The average Bonchev–Trinajstić information content (AvgIpc) is 2.83. The number of halogens is 1. The Hall–Kier alpha value is -0.980. The Labute approximate surface area is 99.7 Å². The number of rotatable bonds is 3. The molecular formula is C11H14FNO3S. The summed E-state index contributed by atoms with van der Waals surface area (Å²) >= 11 is 0. The van der Waals surface area contributed by atoms with Crippen LogP contribution in [0, 0.1) is 5.82 Å². The Balaban J connectivity index is 2.47. The highest BCUT2D eigenvalue weighted by Gasteiger charge is 2.29. The summed E-state index contributed by atoms with van der Waals surface area (Å²) in [6.07, 6.45) is 1.64. The first-order valence-electron chi connectivity index (χ1n) is 5.45. The molecule has 0 radical (unpaired) electrons. The van der Waals surface area contributed by atoms with Gasteiger partial charge in [0.2, 0.25) is 10.0 Å². The van der Waals surface area contributed by atoms with Gasteiger partial charge in [-0.05, 0) is 30.5 Å². The van der Waals surface area contributed by atoms with Crippen LogP contribution in [-0.2, 0) is 16.6 Å². The van der Waals surface area contributed by atoms with Gasteiger partial charge in [0, 0.05) is 13.1 Å². The predicted molar refractivity (Wildman–Crippen MR) is 60.3 cm³/mol. The molecule has 0 aromatic heterocycles. The minimum Gasteiger partial charge on any atom is -0.392 e. The molecule has 6 heteroatoms. The van der Waals surface area contributed by atoms with Crippen LogP contribution in [0.25, 0.3) is 0 Å². The number of sulfonamides is 1. The lowest BCUT2D eigenvalue weighted by molar-refractivity contribution is 0.278. The van der Waals surface area contributed by atoms with Crippen molar-refractivity contribution in [2.45, 2.75) is 24.3 Å². The van der Waals surface area contributed by atoms with Crippen LogP contribution in [-0.4, -0.2) is 30.9 Å². The van der Waals surface area contributed by atoms with E-state index in [0.717, 1.165) is 25.0 Å². The summed E-state index contributed by atoms with van der Waals surface area (Å²) in [6.45, 7) is 0.510. The fraction of sp³-hybridized carbons (Fsp3) is 0.455. The number of aliphatic hydroxyl groups excluding tert-OH is 1. The van der Waals surface area contributed by atoms with E-state index in [-0.39, 0.29) is 10.5 Å². The van der Waals surface area contributed by atoms with Gasteiger partial charge in [0.1, 0.15) is 5.82 Å². The molecule has 94 valence electrons. The third-order valence-corrected chi connectivity index (χ3v) is 4.86. The predicted octanol–water partition coefficient (Wildman–Crippen LogP) is 1.10. The number of nitrogens with zero attached hydrogens (tertiary/aromatic N) is 1. The molecule has 0 unspecified atom stereocenters. The molecule has 17 heavy (non-hydrogen) atoms. The lowest BCUT2D eigenvalue weighted by Crippen LogP contribution is -2.28. The molecule has 0 bridgehead atoms. The van der Waals surface area contributed by atoms with Crippen LogP contribution in [0.5, 0.6) is 0 Å². The number of hydrogen-bond acceptors (Lipinski definition) is 3. The minimum atomic E-state index is -3.67. The van der Waals surface area contributed by atoms with Crippen LogP contribution in [0.1, 0.15) is 18.4 Å². The van der Waals surface area contributed by atoms with Gasteiger partial charge in [0.25, 0.3) is 0 Å². The molecule has 1 aromatic carbocycles. The fourth-order valence-electron chi connectivity index (χ4n) is 1.97. The summed E-state index contributed by atoms with van der Waals surface area (Å²) in [7, 11) is -3.67. The van der Waals surface area contributed by atoms with Crippen LogP contribution in [0.3, 0.4) is 0 Å². The summed E-state index contributed by atoms with van der Waals surface area (Å²) in [4.78, 5) is -0.123. The first kappa shape index (κ1) is 12.5. The lowest BCUT2D eigenvalue weighted by Gasteiger charge is -2.17. The van der Waals surface area contributed by atoms with Gasteiger partial charge in [-0.25, -0.2) is 12.8 Å². The van der Waals surface area contributed by atoms with Crippen molar-refractivity contribution < 1.29 is 17.9 Å². The zero-order valence-electron chi connectivity index (χ0n) is 9.26. The number of aliphatic hydroxyl groups is 1. The van der Waals surface area contributed by atoms with Crippen molar-refractivity contribution in [3.8, 4) is 0 Å². The largest absolute Gasteiger partial charge is 0.392 e. The van der Waals surface area contributed by atoms with Crippen LogP contribution < -0.4 is 0 Å². The van der Waals surface area contributed by atoms with E-state index >= 15 is 0 Å². The van der Waals surface area contributed by atoms with Gasteiger partial charge in [-0.1, -0.05) is 6.07 Å². The molecule has 1 heterocycles. The van der Waals surface area contributed by atoms with Crippen molar-refractivity contribution in [3.63, 3.8) is 0 Å². The van der Waals surface area contributed by atoms with Gasteiger partial charge in [0.05, 0.1) is 11.5 Å². The van der Waals surface area contributed by atoms with E-state index in [9.17, 15) is 12.8 Å². The molecule has 0 amide bonds. The molecule has 0 saturated carbocycles. The van der Waals surface area contributed by atoms with Crippen LogP contribution >= 0.6 is 0 Å². The molecule has 2 rings (SSSR count). The van der Waals surface area contributed by atoms with Crippen LogP contribution in [0.15, 0.2) is 23.1 Å². The maximum absolute atomic E-state index is 13.1. The van der Waals surface area contributed by atoms with E-state index < -0.39 is 22.4 Å². The summed E-state index contributed by atoms with van der Waals surface area (Å²) in [5.74, 6) is -0.611. The third kappa shape index (κ3) is 2.34. The molecule has 1 saturated heterocycles. The van der Waals surface area contributed by atoms with Crippen molar-refractivity contribution in [2.24, 2.45) is 0 Å². The Bertz CT molecular complexity index is 509. The Morgan fingerprint density at radius 1 is 1.29 bits per heavy atom. The molecule has 1 aromatic rings. The summed E-state index contributed by atoms with van der Waals surface area (Å²) in [5, 5.41) is 9.11.